The van der Waals surface area contributed by atoms with Gasteiger partial charge in [0.2, 0.25) is 0 Å². The number of hydrogen-bond acceptors (Lipinski definition) is 4. The van der Waals surface area contributed by atoms with Gasteiger partial charge in [0.25, 0.3) is 0 Å². The molecule has 0 spiro atoms. The predicted molar refractivity (Wildman–Crippen MR) is 103 cm³/mol. The summed E-state index contributed by atoms with van der Waals surface area (Å²) >= 11 is 1.65. The Morgan fingerprint density at radius 2 is 2.20 bits per heavy atom. The van der Waals surface area contributed by atoms with E-state index in [1.54, 1.807) is 11.8 Å². The molecule has 0 amide bonds. The van der Waals surface area contributed by atoms with Crippen LogP contribution >= 0.6 is 11.8 Å². The molecule has 2 heterocycles. The number of rotatable bonds is 6. The van der Waals surface area contributed by atoms with E-state index in [0.29, 0.717) is 11.7 Å². The van der Waals surface area contributed by atoms with Crippen molar-refractivity contribution >= 4 is 17.5 Å². The molecule has 1 aliphatic rings. The van der Waals surface area contributed by atoms with Gasteiger partial charge in [0.05, 0.1) is 5.69 Å². The molecule has 1 N–H and O–H groups in total. The smallest absolute Gasteiger partial charge is 0.168 e. The van der Waals surface area contributed by atoms with Crippen molar-refractivity contribution in [1.82, 2.24) is 15.1 Å². The molecule has 2 aromatic rings. The number of carbonyl (C=O) groups is 1. The number of thioether (sulfide) groups is 1. The zero-order chi connectivity index (χ0) is 17.8. The van der Waals surface area contributed by atoms with E-state index in [4.69, 9.17) is 0 Å². The van der Waals surface area contributed by atoms with Crippen LogP contribution in [0.2, 0.25) is 0 Å². The molecule has 134 valence electrons. The SMILES string of the molecule is CSc1ccccc1C(=O)[C@H]1CCCN(Cc2cc(C(C)C)n[nH]2)C1. The summed E-state index contributed by atoms with van der Waals surface area (Å²) in [5.74, 6) is 0.820. The first-order valence-electron chi connectivity index (χ1n) is 9.02. The van der Waals surface area contributed by atoms with Crippen LogP contribution in [0.15, 0.2) is 35.2 Å². The second kappa shape index (κ2) is 8.19. The quantitative estimate of drug-likeness (QED) is 0.617. The third kappa shape index (κ3) is 4.33. The molecule has 25 heavy (non-hydrogen) atoms. The Balaban J connectivity index is 1.67. The highest BCUT2D eigenvalue weighted by molar-refractivity contribution is 7.98. The van der Waals surface area contributed by atoms with Gasteiger partial charge in [-0.2, -0.15) is 5.10 Å². The Bertz CT molecular complexity index is 725. The molecule has 4 nitrogen and oxygen atoms in total. The van der Waals surface area contributed by atoms with E-state index in [1.165, 1.54) is 0 Å². The lowest BCUT2D eigenvalue weighted by atomic mass is 9.90. The number of ketones is 1. The molecule has 5 heteroatoms. The number of aromatic nitrogens is 2. The van der Waals surface area contributed by atoms with Gasteiger partial charge in [-0.3, -0.25) is 14.8 Å². The second-order valence-corrected chi connectivity index (χ2v) is 7.96. The number of benzene rings is 1. The Kier molecular flexibility index (Phi) is 5.97. The summed E-state index contributed by atoms with van der Waals surface area (Å²) in [5, 5.41) is 7.53. The topological polar surface area (TPSA) is 49.0 Å². The highest BCUT2D eigenvalue weighted by Gasteiger charge is 2.28. The third-order valence-electron chi connectivity index (χ3n) is 4.88. The fourth-order valence-corrected chi connectivity index (χ4v) is 4.08. The first-order chi connectivity index (χ1) is 12.1. The first kappa shape index (κ1) is 18.2. The number of carbonyl (C=O) groups excluding carboxylic acids is 1. The molecule has 3 rings (SSSR count). The van der Waals surface area contributed by atoms with Crippen LogP contribution in [0.4, 0.5) is 0 Å². The summed E-state index contributed by atoms with van der Waals surface area (Å²) in [6.07, 6.45) is 4.09. The normalized spacial score (nSPS) is 18.6. The van der Waals surface area contributed by atoms with Crippen LogP contribution in [-0.4, -0.2) is 40.2 Å². The van der Waals surface area contributed by atoms with Crippen LogP contribution in [0, 0.1) is 5.92 Å². The van der Waals surface area contributed by atoms with Gasteiger partial charge in [0.1, 0.15) is 0 Å². The fourth-order valence-electron chi connectivity index (χ4n) is 3.48. The average molecular weight is 358 g/mol. The van der Waals surface area contributed by atoms with Crippen LogP contribution in [0.25, 0.3) is 0 Å². The van der Waals surface area contributed by atoms with Gasteiger partial charge in [-0.25, -0.2) is 0 Å². The van der Waals surface area contributed by atoms with E-state index in [-0.39, 0.29) is 5.92 Å². The number of nitrogens with one attached hydrogen (secondary N) is 1. The summed E-state index contributed by atoms with van der Waals surface area (Å²) in [4.78, 5) is 16.5. The maximum atomic E-state index is 13.0. The zero-order valence-electron chi connectivity index (χ0n) is 15.3. The van der Waals surface area contributed by atoms with Crippen molar-refractivity contribution in [3.63, 3.8) is 0 Å². The summed E-state index contributed by atoms with van der Waals surface area (Å²) < 4.78 is 0. The molecule has 0 saturated carbocycles. The Morgan fingerprint density at radius 1 is 1.40 bits per heavy atom. The average Bonchev–Trinajstić information content (AvgIpc) is 3.10. The van der Waals surface area contributed by atoms with E-state index < -0.39 is 0 Å². The number of piperidine rings is 1. The van der Waals surface area contributed by atoms with E-state index in [9.17, 15) is 4.79 Å². The van der Waals surface area contributed by atoms with Gasteiger partial charge in [-0.15, -0.1) is 11.8 Å². The van der Waals surface area contributed by atoms with Gasteiger partial charge in [-0.05, 0) is 43.7 Å². The van der Waals surface area contributed by atoms with Gasteiger partial charge >= 0.3 is 0 Å². The molecule has 1 saturated heterocycles. The van der Waals surface area contributed by atoms with Crippen molar-refractivity contribution in [3.8, 4) is 0 Å². The van der Waals surface area contributed by atoms with E-state index in [2.05, 4.69) is 35.0 Å². The summed E-state index contributed by atoms with van der Waals surface area (Å²) in [7, 11) is 0. The number of aromatic amines is 1. The summed E-state index contributed by atoms with van der Waals surface area (Å²) in [6, 6.07) is 10.1. The molecule has 0 bridgehead atoms. The van der Waals surface area contributed by atoms with Crippen molar-refractivity contribution in [2.24, 2.45) is 5.92 Å². The van der Waals surface area contributed by atoms with Gasteiger partial charge in [-0.1, -0.05) is 32.0 Å². The molecule has 0 aliphatic carbocycles. The maximum absolute atomic E-state index is 13.0. The van der Waals surface area contributed by atoms with E-state index in [1.807, 2.05) is 30.5 Å². The first-order valence-corrected chi connectivity index (χ1v) is 10.2. The predicted octanol–water partition coefficient (Wildman–Crippen LogP) is 4.35. The van der Waals surface area contributed by atoms with Crippen LogP contribution in [0.3, 0.4) is 0 Å². The third-order valence-corrected chi connectivity index (χ3v) is 5.68. The van der Waals surface area contributed by atoms with Crippen LogP contribution in [-0.2, 0) is 6.54 Å². The van der Waals surface area contributed by atoms with Crippen molar-refractivity contribution in [1.29, 1.82) is 0 Å². The number of Topliss-reactive ketones (excluding diaryl/α,β-unsaturated/α-hetero) is 1. The minimum absolute atomic E-state index is 0.0922. The Labute approximate surface area is 154 Å². The van der Waals surface area contributed by atoms with E-state index in [0.717, 1.165) is 54.3 Å². The molecule has 1 aliphatic heterocycles. The monoisotopic (exact) mass is 357 g/mol. The molecule has 1 aromatic carbocycles. The maximum Gasteiger partial charge on any atom is 0.168 e. The summed E-state index contributed by atoms with van der Waals surface area (Å²) in [5.41, 5.74) is 3.13. The highest BCUT2D eigenvalue weighted by atomic mass is 32.2. The number of likely N-dealkylation sites (tertiary alicyclic amines) is 1. The lowest BCUT2D eigenvalue weighted by Crippen LogP contribution is -2.38. The summed E-state index contributed by atoms with van der Waals surface area (Å²) in [6.45, 7) is 7.02. The van der Waals surface area contributed by atoms with Crippen molar-refractivity contribution in [2.45, 2.75) is 44.0 Å². The van der Waals surface area contributed by atoms with Crippen molar-refractivity contribution in [2.75, 3.05) is 19.3 Å². The Morgan fingerprint density at radius 3 is 2.92 bits per heavy atom. The highest BCUT2D eigenvalue weighted by Crippen LogP contribution is 2.27. The van der Waals surface area contributed by atoms with E-state index >= 15 is 0 Å². The minimum Gasteiger partial charge on any atom is -0.297 e. The zero-order valence-corrected chi connectivity index (χ0v) is 16.1. The van der Waals surface area contributed by atoms with Gasteiger partial charge in [0, 0.05) is 35.2 Å². The fraction of sp³-hybridized carbons (Fsp3) is 0.500. The van der Waals surface area contributed by atoms with Gasteiger partial charge in [0.15, 0.2) is 5.78 Å². The molecular formula is C20H27N3OS. The van der Waals surface area contributed by atoms with Gasteiger partial charge < -0.3 is 0 Å². The number of hydrogen-bond donors (Lipinski definition) is 1. The standard InChI is InChI=1S/C20H27N3OS/c1-14(2)18-11-16(21-22-18)13-23-10-6-7-15(12-23)20(24)17-8-4-5-9-19(17)25-3/h4-5,8-9,11,14-15H,6-7,10,12-13H2,1-3H3,(H,21,22)/t15-/m0/s1. The molecule has 1 aromatic heterocycles. The molecular weight excluding hydrogens is 330 g/mol. The lowest BCUT2D eigenvalue weighted by molar-refractivity contribution is 0.0807. The lowest BCUT2D eigenvalue weighted by Gasteiger charge is -2.31. The second-order valence-electron chi connectivity index (χ2n) is 7.11. The number of H-pyrrole nitrogens is 1. The number of nitrogens with zero attached hydrogens (tertiary/aromatic N) is 2. The van der Waals surface area contributed by atoms with Crippen LogP contribution < -0.4 is 0 Å². The Hall–Kier alpha value is -1.59. The van der Waals surface area contributed by atoms with Crippen LogP contribution in [0.5, 0.6) is 0 Å². The van der Waals surface area contributed by atoms with Crippen LogP contribution in [0.1, 0.15) is 54.4 Å². The molecule has 0 unspecified atom stereocenters. The molecule has 0 radical (unpaired) electrons. The minimum atomic E-state index is 0.0922. The van der Waals surface area contributed by atoms with Crippen molar-refractivity contribution in [3.05, 3.63) is 47.3 Å². The van der Waals surface area contributed by atoms with Crippen molar-refractivity contribution < 1.29 is 4.79 Å². The molecule has 1 atom stereocenters. The molecule has 1 fully saturated rings. The largest absolute Gasteiger partial charge is 0.297 e.